The maximum atomic E-state index is 12.5. The molecule has 3 rings (SSSR count). The van der Waals surface area contributed by atoms with Crippen molar-refractivity contribution < 1.29 is 9.59 Å². The molecule has 2 amide bonds. The fourth-order valence-electron chi connectivity index (χ4n) is 3.00. The minimum Gasteiger partial charge on any atom is -0.310 e. The molecule has 1 unspecified atom stereocenters. The summed E-state index contributed by atoms with van der Waals surface area (Å²) >= 11 is 7.39. The first kappa shape index (κ1) is 19.7. The SMILES string of the molecule is Cc1nc(NC(=O)CN2CCCC(C(=O)Nc3cc(Cl)ccn3)C2)sc1C. The minimum absolute atomic E-state index is 0.0963. The van der Waals surface area contributed by atoms with Crippen molar-refractivity contribution in [2.75, 3.05) is 30.3 Å². The molecule has 1 aliphatic heterocycles. The molecular weight excluding hydrogens is 386 g/mol. The number of thiazole rings is 1. The summed E-state index contributed by atoms with van der Waals surface area (Å²) in [6.45, 7) is 5.48. The van der Waals surface area contributed by atoms with Gasteiger partial charge in [-0.25, -0.2) is 9.97 Å². The summed E-state index contributed by atoms with van der Waals surface area (Å²) in [5, 5.41) is 6.79. The summed E-state index contributed by atoms with van der Waals surface area (Å²) in [5.41, 5.74) is 0.930. The number of carbonyl (C=O) groups excluding carboxylic acids is 2. The Bertz CT molecular complexity index is 821. The number of rotatable bonds is 5. The lowest BCUT2D eigenvalue weighted by Gasteiger charge is -2.31. The number of pyridine rings is 1. The van der Waals surface area contributed by atoms with Crippen LogP contribution in [0, 0.1) is 19.8 Å². The van der Waals surface area contributed by atoms with Crippen LogP contribution in [0.1, 0.15) is 23.4 Å². The quantitative estimate of drug-likeness (QED) is 0.795. The number of amides is 2. The molecule has 2 aromatic rings. The lowest BCUT2D eigenvalue weighted by atomic mass is 9.97. The molecule has 7 nitrogen and oxygen atoms in total. The highest BCUT2D eigenvalue weighted by Crippen LogP contribution is 2.22. The van der Waals surface area contributed by atoms with E-state index in [1.54, 1.807) is 18.3 Å². The molecule has 27 heavy (non-hydrogen) atoms. The predicted molar refractivity (Wildman–Crippen MR) is 107 cm³/mol. The molecule has 1 aliphatic rings. The summed E-state index contributed by atoms with van der Waals surface area (Å²) in [6, 6.07) is 3.27. The average Bonchev–Trinajstić information content (AvgIpc) is 2.92. The van der Waals surface area contributed by atoms with Crippen LogP contribution in [-0.4, -0.2) is 46.3 Å². The van der Waals surface area contributed by atoms with Crippen LogP contribution < -0.4 is 10.6 Å². The molecule has 1 fully saturated rings. The zero-order valence-electron chi connectivity index (χ0n) is 15.3. The Hall–Kier alpha value is -2.03. The number of hydrogen-bond acceptors (Lipinski definition) is 6. The van der Waals surface area contributed by atoms with E-state index in [0.29, 0.717) is 22.5 Å². The van der Waals surface area contributed by atoms with Crippen molar-refractivity contribution >= 4 is 45.7 Å². The van der Waals surface area contributed by atoms with Crippen LogP contribution in [0.3, 0.4) is 0 Å². The van der Waals surface area contributed by atoms with Gasteiger partial charge in [0, 0.05) is 22.6 Å². The number of nitrogens with zero attached hydrogens (tertiary/aromatic N) is 3. The van der Waals surface area contributed by atoms with E-state index in [4.69, 9.17) is 11.6 Å². The molecule has 1 saturated heterocycles. The largest absolute Gasteiger partial charge is 0.310 e. The topological polar surface area (TPSA) is 87.2 Å². The Morgan fingerprint density at radius 1 is 1.37 bits per heavy atom. The van der Waals surface area contributed by atoms with E-state index in [0.717, 1.165) is 30.0 Å². The van der Waals surface area contributed by atoms with Gasteiger partial charge in [-0.2, -0.15) is 0 Å². The Balaban J connectivity index is 1.52. The van der Waals surface area contributed by atoms with Crippen LogP contribution in [0.4, 0.5) is 10.9 Å². The third kappa shape index (κ3) is 5.47. The van der Waals surface area contributed by atoms with Gasteiger partial charge in [-0.1, -0.05) is 11.6 Å². The number of aromatic nitrogens is 2. The van der Waals surface area contributed by atoms with Gasteiger partial charge in [-0.3, -0.25) is 14.5 Å². The van der Waals surface area contributed by atoms with E-state index in [9.17, 15) is 9.59 Å². The van der Waals surface area contributed by atoms with Crippen molar-refractivity contribution in [3.63, 3.8) is 0 Å². The highest BCUT2D eigenvalue weighted by molar-refractivity contribution is 7.15. The molecule has 144 valence electrons. The highest BCUT2D eigenvalue weighted by Gasteiger charge is 2.27. The summed E-state index contributed by atoms with van der Waals surface area (Å²) in [4.78, 5) is 36.3. The molecule has 2 N–H and O–H groups in total. The van der Waals surface area contributed by atoms with Crippen LogP contribution in [0.15, 0.2) is 18.3 Å². The van der Waals surface area contributed by atoms with Crippen LogP contribution in [0.5, 0.6) is 0 Å². The number of likely N-dealkylation sites (tertiary alicyclic amines) is 1. The van der Waals surface area contributed by atoms with Gasteiger partial charge >= 0.3 is 0 Å². The summed E-state index contributed by atoms with van der Waals surface area (Å²) in [7, 11) is 0. The number of carbonyl (C=O) groups is 2. The van der Waals surface area contributed by atoms with Crippen LogP contribution in [-0.2, 0) is 9.59 Å². The van der Waals surface area contributed by atoms with Crippen LogP contribution in [0.2, 0.25) is 5.02 Å². The maximum Gasteiger partial charge on any atom is 0.240 e. The number of aryl methyl sites for hydroxylation is 2. The van der Waals surface area contributed by atoms with Gasteiger partial charge < -0.3 is 10.6 Å². The molecule has 0 bridgehead atoms. The van der Waals surface area contributed by atoms with Crippen molar-refractivity contribution in [1.29, 1.82) is 0 Å². The molecule has 3 heterocycles. The third-order valence-corrected chi connectivity index (χ3v) is 5.72. The first-order valence-electron chi connectivity index (χ1n) is 8.79. The van der Waals surface area contributed by atoms with Crippen LogP contribution >= 0.6 is 22.9 Å². The molecule has 0 saturated carbocycles. The van der Waals surface area contributed by atoms with E-state index in [1.165, 1.54) is 11.3 Å². The zero-order chi connectivity index (χ0) is 19.4. The lowest BCUT2D eigenvalue weighted by Crippen LogP contribution is -2.44. The standard InChI is InChI=1S/C18H22ClN5O2S/c1-11-12(2)27-18(21-11)23-16(25)10-24-7-3-4-13(9-24)17(26)22-15-8-14(19)5-6-20-15/h5-6,8,13H,3-4,7,9-10H2,1-2H3,(H,20,22,26)(H,21,23,25). The van der Waals surface area contributed by atoms with Crippen molar-refractivity contribution in [1.82, 2.24) is 14.9 Å². The van der Waals surface area contributed by atoms with E-state index in [-0.39, 0.29) is 24.3 Å². The molecule has 2 aromatic heterocycles. The maximum absolute atomic E-state index is 12.5. The van der Waals surface area contributed by atoms with Gasteiger partial charge in [0.2, 0.25) is 11.8 Å². The normalized spacial score (nSPS) is 17.5. The van der Waals surface area contributed by atoms with E-state index >= 15 is 0 Å². The Labute approximate surface area is 167 Å². The zero-order valence-corrected chi connectivity index (χ0v) is 16.9. The smallest absolute Gasteiger partial charge is 0.240 e. The van der Waals surface area contributed by atoms with Gasteiger partial charge in [0.15, 0.2) is 5.13 Å². The first-order valence-corrected chi connectivity index (χ1v) is 9.99. The van der Waals surface area contributed by atoms with Crippen LogP contribution in [0.25, 0.3) is 0 Å². The molecule has 0 aromatic carbocycles. The Kier molecular flexibility index (Phi) is 6.41. The Morgan fingerprint density at radius 2 is 2.19 bits per heavy atom. The number of piperidine rings is 1. The van der Waals surface area contributed by atoms with E-state index in [2.05, 4.69) is 20.6 Å². The second-order valence-corrected chi connectivity index (χ2v) is 8.27. The molecule has 0 aliphatic carbocycles. The number of halogens is 1. The van der Waals surface area contributed by atoms with E-state index in [1.807, 2.05) is 18.7 Å². The monoisotopic (exact) mass is 407 g/mol. The molecular formula is C18H22ClN5O2S. The number of nitrogens with one attached hydrogen (secondary N) is 2. The molecule has 0 spiro atoms. The van der Waals surface area contributed by atoms with Gasteiger partial charge in [0.1, 0.15) is 5.82 Å². The highest BCUT2D eigenvalue weighted by atomic mass is 35.5. The van der Waals surface area contributed by atoms with Crippen molar-refractivity contribution in [2.24, 2.45) is 5.92 Å². The summed E-state index contributed by atoms with van der Waals surface area (Å²) in [5.74, 6) is 0.0518. The summed E-state index contributed by atoms with van der Waals surface area (Å²) < 4.78 is 0. The van der Waals surface area contributed by atoms with Gasteiger partial charge in [0.25, 0.3) is 0 Å². The van der Waals surface area contributed by atoms with Gasteiger partial charge in [-0.15, -0.1) is 11.3 Å². The lowest BCUT2D eigenvalue weighted by molar-refractivity contribution is -0.123. The van der Waals surface area contributed by atoms with Crippen molar-refractivity contribution in [3.05, 3.63) is 33.9 Å². The number of hydrogen-bond donors (Lipinski definition) is 2. The first-order chi connectivity index (χ1) is 12.9. The second kappa shape index (κ2) is 8.77. The molecule has 9 heteroatoms. The average molecular weight is 408 g/mol. The second-order valence-electron chi connectivity index (χ2n) is 6.63. The van der Waals surface area contributed by atoms with Gasteiger partial charge in [-0.05, 0) is 45.4 Å². The molecule has 1 atom stereocenters. The minimum atomic E-state index is -0.184. The Morgan fingerprint density at radius 3 is 2.89 bits per heavy atom. The fourth-order valence-corrected chi connectivity index (χ4v) is 3.99. The van der Waals surface area contributed by atoms with Crippen molar-refractivity contribution in [2.45, 2.75) is 26.7 Å². The fraction of sp³-hybridized carbons (Fsp3) is 0.444. The predicted octanol–water partition coefficient (Wildman–Crippen LogP) is 3.10. The molecule has 0 radical (unpaired) electrons. The summed E-state index contributed by atoms with van der Waals surface area (Å²) in [6.07, 6.45) is 3.21. The van der Waals surface area contributed by atoms with E-state index < -0.39 is 0 Å². The van der Waals surface area contributed by atoms with Gasteiger partial charge in [0.05, 0.1) is 18.2 Å². The van der Waals surface area contributed by atoms with Crippen molar-refractivity contribution in [3.8, 4) is 0 Å². The third-order valence-electron chi connectivity index (χ3n) is 4.49. The number of anilines is 2.